The average Bonchev–Trinajstić information content (AvgIpc) is 2.85. The SMILES string of the molecule is O=S(=O)(NC1=NC(c2ccccc2)CO1)OCC(Cl)(Cl)Cl. The summed E-state index contributed by atoms with van der Waals surface area (Å²) in [5.41, 5.74) is 0.911. The van der Waals surface area contributed by atoms with E-state index in [2.05, 4.69) is 9.18 Å². The first-order valence-corrected chi connectivity index (χ1v) is 8.29. The van der Waals surface area contributed by atoms with E-state index < -0.39 is 20.7 Å². The second kappa shape index (κ2) is 6.58. The first-order chi connectivity index (χ1) is 9.75. The van der Waals surface area contributed by atoms with Gasteiger partial charge < -0.3 is 4.74 Å². The number of amidine groups is 1. The van der Waals surface area contributed by atoms with Crippen LogP contribution in [0.4, 0.5) is 0 Å². The molecule has 1 aromatic carbocycles. The summed E-state index contributed by atoms with van der Waals surface area (Å²) in [7, 11) is -4.16. The van der Waals surface area contributed by atoms with Gasteiger partial charge in [-0.3, -0.25) is 0 Å². The molecule has 0 amide bonds. The number of alkyl halides is 3. The lowest BCUT2D eigenvalue weighted by Gasteiger charge is -2.11. The topological polar surface area (TPSA) is 77.0 Å². The summed E-state index contributed by atoms with van der Waals surface area (Å²) < 4.78 is 33.1. The van der Waals surface area contributed by atoms with Gasteiger partial charge in [0.25, 0.3) is 0 Å². The summed E-state index contributed by atoms with van der Waals surface area (Å²) in [5.74, 6) is 0. The summed E-state index contributed by atoms with van der Waals surface area (Å²) in [6.07, 6.45) is 0. The Balaban J connectivity index is 1.97. The highest BCUT2D eigenvalue weighted by molar-refractivity contribution is 7.85. The number of aliphatic imine (C=N–C) groups is 1. The van der Waals surface area contributed by atoms with E-state index in [1.807, 2.05) is 35.1 Å². The van der Waals surface area contributed by atoms with E-state index in [1.165, 1.54) is 0 Å². The van der Waals surface area contributed by atoms with Crippen LogP contribution in [-0.2, 0) is 19.2 Å². The maximum atomic E-state index is 11.6. The molecule has 0 radical (unpaired) electrons. The van der Waals surface area contributed by atoms with E-state index in [9.17, 15) is 8.42 Å². The van der Waals surface area contributed by atoms with Crippen LogP contribution in [0.25, 0.3) is 0 Å². The summed E-state index contributed by atoms with van der Waals surface area (Å²) >= 11 is 16.2. The fourth-order valence-corrected chi connectivity index (χ4v) is 2.63. The summed E-state index contributed by atoms with van der Waals surface area (Å²) in [6, 6.07) is 8.89. The Morgan fingerprint density at radius 3 is 2.62 bits per heavy atom. The predicted octanol–water partition coefficient (Wildman–Crippen LogP) is 2.34. The Hall–Kier alpha value is -0.730. The van der Waals surface area contributed by atoms with E-state index >= 15 is 0 Å². The smallest absolute Gasteiger partial charge is 0.363 e. The molecule has 0 saturated heterocycles. The Morgan fingerprint density at radius 2 is 2.00 bits per heavy atom. The molecule has 1 heterocycles. The lowest BCUT2D eigenvalue weighted by Crippen LogP contribution is -2.34. The van der Waals surface area contributed by atoms with Crippen molar-refractivity contribution in [2.75, 3.05) is 13.2 Å². The molecule has 0 saturated carbocycles. The molecule has 21 heavy (non-hydrogen) atoms. The quantitative estimate of drug-likeness (QED) is 0.822. The number of ether oxygens (including phenoxy) is 1. The van der Waals surface area contributed by atoms with Crippen molar-refractivity contribution in [3.63, 3.8) is 0 Å². The van der Waals surface area contributed by atoms with Gasteiger partial charge in [0.1, 0.15) is 19.3 Å². The minimum absolute atomic E-state index is 0.159. The molecular formula is C11H11Cl3N2O4S. The zero-order valence-corrected chi connectivity index (χ0v) is 13.6. The van der Waals surface area contributed by atoms with Gasteiger partial charge >= 0.3 is 16.3 Å². The highest BCUT2D eigenvalue weighted by atomic mass is 35.6. The number of hydrogen-bond acceptors (Lipinski definition) is 5. The fourth-order valence-electron chi connectivity index (χ4n) is 1.56. The fraction of sp³-hybridized carbons (Fsp3) is 0.364. The lowest BCUT2D eigenvalue weighted by molar-refractivity contribution is 0.299. The van der Waals surface area contributed by atoms with E-state index in [-0.39, 0.29) is 18.7 Å². The average molecular weight is 374 g/mol. The van der Waals surface area contributed by atoms with Crippen LogP contribution in [0.3, 0.4) is 0 Å². The van der Waals surface area contributed by atoms with Crippen molar-refractivity contribution in [3.05, 3.63) is 35.9 Å². The molecule has 0 fully saturated rings. The number of hydrogen-bond donors (Lipinski definition) is 1. The normalized spacial score (nSPS) is 19.0. The molecule has 1 unspecified atom stereocenters. The molecule has 6 nitrogen and oxygen atoms in total. The molecule has 0 spiro atoms. The predicted molar refractivity (Wildman–Crippen MR) is 80.9 cm³/mol. The molecule has 10 heteroatoms. The lowest BCUT2D eigenvalue weighted by atomic mass is 10.1. The van der Waals surface area contributed by atoms with Crippen LogP contribution >= 0.6 is 34.8 Å². The summed E-state index contributed by atoms with van der Waals surface area (Å²) in [4.78, 5) is 4.11. The van der Waals surface area contributed by atoms with Gasteiger partial charge in [0.05, 0.1) is 0 Å². The van der Waals surface area contributed by atoms with Crippen LogP contribution in [0.15, 0.2) is 35.3 Å². The van der Waals surface area contributed by atoms with Gasteiger partial charge in [-0.2, -0.15) is 8.42 Å². The zero-order chi connectivity index (χ0) is 15.5. The van der Waals surface area contributed by atoms with Gasteiger partial charge in [0.15, 0.2) is 0 Å². The third-order valence-electron chi connectivity index (χ3n) is 2.43. The Kier molecular flexibility index (Phi) is 5.21. The molecule has 116 valence electrons. The molecule has 2 rings (SSSR count). The van der Waals surface area contributed by atoms with Crippen LogP contribution in [0.2, 0.25) is 0 Å². The molecule has 0 bridgehead atoms. The summed E-state index contributed by atoms with van der Waals surface area (Å²) in [6.45, 7) is -0.394. The van der Waals surface area contributed by atoms with E-state index in [1.54, 1.807) is 0 Å². The maximum absolute atomic E-state index is 11.6. The Labute approximate surface area is 137 Å². The van der Waals surface area contributed by atoms with Gasteiger partial charge in [-0.1, -0.05) is 65.1 Å². The third kappa shape index (κ3) is 5.52. The van der Waals surface area contributed by atoms with Gasteiger partial charge in [-0.05, 0) is 5.56 Å². The molecule has 1 atom stereocenters. The van der Waals surface area contributed by atoms with Crippen LogP contribution in [0.5, 0.6) is 0 Å². The largest absolute Gasteiger partial charge is 0.462 e. The molecular weight excluding hydrogens is 363 g/mol. The van der Waals surface area contributed by atoms with Gasteiger partial charge in [0, 0.05) is 0 Å². The standard InChI is InChI=1S/C11H11Cl3N2O4S/c12-11(13,14)7-20-21(17,18)16-10-15-9(6-19-10)8-4-2-1-3-5-8/h1-5,9H,6-7H2,(H,15,16). The van der Waals surface area contributed by atoms with Crippen LogP contribution in [0, 0.1) is 0 Å². The minimum Gasteiger partial charge on any atom is -0.462 e. The molecule has 1 aromatic rings. The van der Waals surface area contributed by atoms with Gasteiger partial charge in [-0.15, -0.1) is 0 Å². The number of nitrogens with one attached hydrogen (secondary N) is 1. The highest BCUT2D eigenvalue weighted by Crippen LogP contribution is 2.26. The van der Waals surface area contributed by atoms with Crippen molar-refractivity contribution >= 4 is 51.1 Å². The molecule has 1 aliphatic heterocycles. The van der Waals surface area contributed by atoms with E-state index in [0.29, 0.717) is 0 Å². The Morgan fingerprint density at radius 1 is 1.33 bits per heavy atom. The second-order valence-electron chi connectivity index (χ2n) is 4.11. The summed E-state index contributed by atoms with van der Waals surface area (Å²) in [5, 5.41) is 0. The van der Waals surface area contributed by atoms with Crippen molar-refractivity contribution in [1.29, 1.82) is 0 Å². The minimum atomic E-state index is -4.16. The number of benzene rings is 1. The molecule has 1 N–H and O–H groups in total. The highest BCUT2D eigenvalue weighted by Gasteiger charge is 2.28. The van der Waals surface area contributed by atoms with Crippen molar-refractivity contribution < 1.29 is 17.3 Å². The van der Waals surface area contributed by atoms with E-state index in [0.717, 1.165) is 5.56 Å². The first kappa shape index (κ1) is 16.6. The van der Waals surface area contributed by atoms with E-state index in [4.69, 9.17) is 39.5 Å². The van der Waals surface area contributed by atoms with Crippen molar-refractivity contribution in [2.24, 2.45) is 4.99 Å². The van der Waals surface area contributed by atoms with Gasteiger partial charge in [-0.25, -0.2) is 13.9 Å². The van der Waals surface area contributed by atoms with Crippen molar-refractivity contribution in [2.45, 2.75) is 9.83 Å². The second-order valence-corrected chi connectivity index (χ2v) is 7.97. The van der Waals surface area contributed by atoms with Crippen LogP contribution < -0.4 is 4.72 Å². The number of halogens is 3. The van der Waals surface area contributed by atoms with Gasteiger partial charge in [0.2, 0.25) is 3.79 Å². The number of nitrogens with zero attached hydrogens (tertiary/aromatic N) is 1. The van der Waals surface area contributed by atoms with Crippen LogP contribution in [0.1, 0.15) is 11.6 Å². The van der Waals surface area contributed by atoms with Crippen molar-refractivity contribution in [1.82, 2.24) is 4.72 Å². The van der Waals surface area contributed by atoms with Crippen LogP contribution in [-0.4, -0.2) is 31.4 Å². The first-order valence-electron chi connectivity index (χ1n) is 5.75. The molecule has 0 aliphatic carbocycles. The third-order valence-corrected chi connectivity index (χ3v) is 3.61. The maximum Gasteiger partial charge on any atom is 0.363 e. The Bertz CT molecular complexity index is 616. The zero-order valence-electron chi connectivity index (χ0n) is 10.5. The molecule has 0 aromatic heterocycles. The monoisotopic (exact) mass is 372 g/mol. The van der Waals surface area contributed by atoms with Crippen molar-refractivity contribution in [3.8, 4) is 0 Å². The molecule has 1 aliphatic rings. The number of rotatable bonds is 4.